The van der Waals surface area contributed by atoms with Crippen LogP contribution in [0.25, 0.3) is 5.65 Å². The molecule has 0 saturated heterocycles. The molecule has 6 heteroatoms. The lowest BCUT2D eigenvalue weighted by molar-refractivity contribution is 1.09. The molecule has 112 valence electrons. The molecular weight excluding hydrogens is 298 g/mol. The topological polar surface area (TPSA) is 45.3 Å². The van der Waals surface area contributed by atoms with Crippen molar-refractivity contribution in [3.8, 4) is 0 Å². The van der Waals surface area contributed by atoms with Gasteiger partial charge in [-0.05, 0) is 43.3 Å². The Morgan fingerprint density at radius 1 is 1.05 bits per heavy atom. The van der Waals surface area contributed by atoms with Crippen molar-refractivity contribution in [3.63, 3.8) is 0 Å². The third-order valence-corrected chi connectivity index (χ3v) is 3.57. The molecule has 0 aliphatic carbocycles. The maximum atomic E-state index is 6.04. The molecule has 2 heterocycles. The number of aryl methyl sites for hydroxylation is 1. The van der Waals surface area contributed by atoms with E-state index in [2.05, 4.69) is 15.2 Å². The van der Waals surface area contributed by atoms with Gasteiger partial charge >= 0.3 is 0 Å². The first-order valence-corrected chi connectivity index (χ1v) is 7.26. The van der Waals surface area contributed by atoms with Crippen molar-refractivity contribution in [2.45, 2.75) is 6.92 Å². The zero-order chi connectivity index (χ0) is 15.7. The number of hydrogen-bond acceptors (Lipinski definition) is 4. The molecule has 0 radical (unpaired) electrons. The Labute approximate surface area is 133 Å². The fourth-order valence-electron chi connectivity index (χ4n) is 2.17. The number of benzene rings is 1. The number of halogens is 1. The summed E-state index contributed by atoms with van der Waals surface area (Å²) in [6, 6.07) is 11.6. The highest BCUT2D eigenvalue weighted by Gasteiger charge is 2.08. The minimum atomic E-state index is 0.636. The Morgan fingerprint density at radius 2 is 1.77 bits per heavy atom. The van der Waals surface area contributed by atoms with E-state index >= 15 is 0 Å². The Kier molecular flexibility index (Phi) is 3.81. The van der Waals surface area contributed by atoms with E-state index in [1.807, 2.05) is 66.7 Å². The minimum Gasteiger partial charge on any atom is -0.378 e. The van der Waals surface area contributed by atoms with E-state index in [0.717, 1.165) is 22.7 Å². The van der Waals surface area contributed by atoms with Crippen molar-refractivity contribution < 1.29 is 0 Å². The zero-order valence-electron chi connectivity index (χ0n) is 12.7. The molecule has 3 rings (SSSR count). The van der Waals surface area contributed by atoms with E-state index in [9.17, 15) is 0 Å². The first-order chi connectivity index (χ1) is 10.5. The van der Waals surface area contributed by atoms with Gasteiger partial charge in [0.15, 0.2) is 5.82 Å². The van der Waals surface area contributed by atoms with Gasteiger partial charge in [0.1, 0.15) is 5.65 Å². The van der Waals surface area contributed by atoms with Crippen LogP contribution in [0, 0.1) is 6.92 Å². The van der Waals surface area contributed by atoms with Gasteiger partial charge in [0.05, 0.1) is 16.4 Å². The third-order valence-electron chi connectivity index (χ3n) is 3.35. The van der Waals surface area contributed by atoms with Gasteiger partial charge < -0.3 is 4.90 Å². The molecular formula is C16H16ClN5. The van der Waals surface area contributed by atoms with E-state index in [-0.39, 0.29) is 0 Å². The third kappa shape index (κ3) is 2.80. The molecule has 0 bridgehead atoms. The van der Waals surface area contributed by atoms with Crippen molar-refractivity contribution >= 4 is 34.4 Å². The Hall–Kier alpha value is -2.40. The number of hydrogen-bond donors (Lipinski definition) is 0. The summed E-state index contributed by atoms with van der Waals surface area (Å²) in [7, 11) is 4.00. The second-order valence-electron chi connectivity index (χ2n) is 5.21. The highest BCUT2D eigenvalue weighted by molar-refractivity contribution is 6.30. The number of pyridine rings is 1. The molecule has 0 aliphatic rings. The lowest BCUT2D eigenvalue weighted by Crippen LogP contribution is -2.07. The van der Waals surface area contributed by atoms with Crippen LogP contribution < -0.4 is 4.90 Å². The molecule has 0 saturated carbocycles. The second kappa shape index (κ2) is 5.77. The number of fused-ring (bicyclic) bond motifs is 1. The van der Waals surface area contributed by atoms with Crippen molar-refractivity contribution in [3.05, 3.63) is 53.3 Å². The second-order valence-corrected chi connectivity index (χ2v) is 5.64. The molecule has 0 aliphatic heterocycles. The summed E-state index contributed by atoms with van der Waals surface area (Å²) in [4.78, 5) is 6.49. The van der Waals surface area contributed by atoms with Gasteiger partial charge in [0, 0.05) is 26.0 Å². The molecule has 22 heavy (non-hydrogen) atoms. The molecule has 0 unspecified atom stereocenters. The molecule has 0 fully saturated rings. The smallest absolute Gasteiger partial charge is 0.182 e. The van der Waals surface area contributed by atoms with Gasteiger partial charge in [0.2, 0.25) is 0 Å². The van der Waals surface area contributed by atoms with Crippen molar-refractivity contribution in [1.29, 1.82) is 0 Å². The molecule has 3 aromatic rings. The summed E-state index contributed by atoms with van der Waals surface area (Å²) in [5.74, 6) is 0.689. The number of anilines is 1. The average Bonchev–Trinajstić information content (AvgIpc) is 2.80. The SMILES string of the molecule is Cc1nc2ccc(Cl)cn2c1N=Nc1ccc(N(C)C)cc1. The van der Waals surface area contributed by atoms with Crippen molar-refractivity contribution in [2.24, 2.45) is 10.2 Å². The fraction of sp³-hybridized carbons (Fsp3) is 0.188. The highest BCUT2D eigenvalue weighted by atomic mass is 35.5. The standard InChI is InChI=1S/C16H16ClN5/c1-11-16(22-10-12(17)4-9-15(22)18-11)20-19-13-5-7-14(8-6-13)21(2)3/h4-10H,1-3H3. The largest absolute Gasteiger partial charge is 0.378 e. The van der Waals surface area contributed by atoms with Crippen molar-refractivity contribution in [1.82, 2.24) is 9.38 Å². The van der Waals surface area contributed by atoms with Crippen LogP contribution in [0.1, 0.15) is 5.69 Å². The summed E-state index contributed by atoms with van der Waals surface area (Å²) in [5.41, 5.74) is 3.54. The Balaban J connectivity index is 1.95. The van der Waals surface area contributed by atoms with Crippen LogP contribution in [-0.4, -0.2) is 23.5 Å². The molecule has 5 nitrogen and oxygen atoms in total. The molecule has 0 spiro atoms. The van der Waals surface area contributed by atoms with Crippen LogP contribution in [0.3, 0.4) is 0 Å². The lowest BCUT2D eigenvalue weighted by Gasteiger charge is -2.11. The summed E-state index contributed by atoms with van der Waals surface area (Å²) >= 11 is 6.04. The molecule has 0 atom stereocenters. The van der Waals surface area contributed by atoms with E-state index in [1.54, 1.807) is 6.20 Å². The van der Waals surface area contributed by atoms with Crippen LogP contribution in [0.5, 0.6) is 0 Å². The van der Waals surface area contributed by atoms with Gasteiger partial charge in [-0.25, -0.2) is 4.98 Å². The van der Waals surface area contributed by atoms with Crippen LogP contribution in [0.15, 0.2) is 52.8 Å². The lowest BCUT2D eigenvalue weighted by atomic mass is 10.3. The monoisotopic (exact) mass is 313 g/mol. The van der Waals surface area contributed by atoms with E-state index in [0.29, 0.717) is 10.8 Å². The normalized spacial score (nSPS) is 11.5. The molecule has 1 aromatic carbocycles. The minimum absolute atomic E-state index is 0.636. The maximum absolute atomic E-state index is 6.04. The number of imidazole rings is 1. The molecule has 0 N–H and O–H groups in total. The zero-order valence-corrected chi connectivity index (χ0v) is 13.4. The van der Waals surface area contributed by atoms with Crippen LogP contribution in [0.2, 0.25) is 5.02 Å². The number of aromatic nitrogens is 2. The summed E-state index contributed by atoms with van der Waals surface area (Å²) in [5, 5.41) is 9.26. The van der Waals surface area contributed by atoms with Crippen molar-refractivity contribution in [2.75, 3.05) is 19.0 Å². The van der Waals surface area contributed by atoms with E-state index in [1.165, 1.54) is 0 Å². The summed E-state index contributed by atoms with van der Waals surface area (Å²) in [6.07, 6.45) is 1.79. The quantitative estimate of drug-likeness (QED) is 0.653. The van der Waals surface area contributed by atoms with E-state index in [4.69, 9.17) is 11.6 Å². The van der Waals surface area contributed by atoms with Gasteiger partial charge in [-0.2, -0.15) is 0 Å². The Morgan fingerprint density at radius 3 is 2.45 bits per heavy atom. The van der Waals surface area contributed by atoms with Crippen LogP contribution in [-0.2, 0) is 0 Å². The van der Waals surface area contributed by atoms with Gasteiger partial charge in [-0.3, -0.25) is 4.40 Å². The summed E-state index contributed by atoms with van der Waals surface area (Å²) < 4.78 is 1.84. The van der Waals surface area contributed by atoms with Gasteiger partial charge in [0.25, 0.3) is 0 Å². The number of azo groups is 1. The average molecular weight is 314 g/mol. The molecule has 0 amide bonds. The Bertz CT molecular complexity index is 834. The number of nitrogens with zero attached hydrogens (tertiary/aromatic N) is 5. The predicted octanol–water partition coefficient (Wildman–Crippen LogP) is 4.78. The fourth-order valence-corrected chi connectivity index (χ4v) is 2.33. The van der Waals surface area contributed by atoms with Crippen LogP contribution in [0.4, 0.5) is 17.2 Å². The first-order valence-electron chi connectivity index (χ1n) is 6.88. The van der Waals surface area contributed by atoms with E-state index < -0.39 is 0 Å². The summed E-state index contributed by atoms with van der Waals surface area (Å²) in [6.45, 7) is 1.91. The van der Waals surface area contributed by atoms with Gasteiger partial charge in [-0.15, -0.1) is 10.2 Å². The number of rotatable bonds is 3. The highest BCUT2D eigenvalue weighted by Crippen LogP contribution is 2.25. The maximum Gasteiger partial charge on any atom is 0.182 e. The van der Waals surface area contributed by atoms with Gasteiger partial charge in [-0.1, -0.05) is 11.6 Å². The predicted molar refractivity (Wildman–Crippen MR) is 89.9 cm³/mol. The first kappa shape index (κ1) is 14.5. The van der Waals surface area contributed by atoms with Crippen LogP contribution >= 0.6 is 11.6 Å². The molecule has 2 aromatic heterocycles.